The van der Waals surface area contributed by atoms with Crippen LogP contribution in [0.25, 0.3) is 0 Å². The molecule has 19 heavy (non-hydrogen) atoms. The lowest BCUT2D eigenvalue weighted by molar-refractivity contribution is 0.0147. The number of methoxy groups -OCH3 is 1. The van der Waals surface area contributed by atoms with Gasteiger partial charge < -0.3 is 4.74 Å². The van der Waals surface area contributed by atoms with Gasteiger partial charge in [-0.3, -0.25) is 9.80 Å². The zero-order valence-electron chi connectivity index (χ0n) is 12.8. The highest BCUT2D eigenvalue weighted by Crippen LogP contribution is 2.22. The fourth-order valence-corrected chi connectivity index (χ4v) is 3.64. The van der Waals surface area contributed by atoms with Crippen LogP contribution < -0.4 is 0 Å². The van der Waals surface area contributed by atoms with E-state index in [9.17, 15) is 0 Å². The minimum atomic E-state index is 0.651. The highest BCUT2D eigenvalue weighted by atomic mass is 16.5. The smallest absolute Gasteiger partial charge is 0.0589 e. The summed E-state index contributed by atoms with van der Waals surface area (Å²) in [5.41, 5.74) is 0. The second-order valence-electron chi connectivity index (χ2n) is 6.30. The highest BCUT2D eigenvalue weighted by Gasteiger charge is 2.29. The van der Waals surface area contributed by atoms with Crippen molar-refractivity contribution in [1.82, 2.24) is 9.80 Å². The molecule has 1 saturated heterocycles. The van der Waals surface area contributed by atoms with Crippen molar-refractivity contribution in [3.8, 4) is 0 Å². The highest BCUT2D eigenvalue weighted by molar-refractivity contribution is 4.92. The van der Waals surface area contributed by atoms with Crippen molar-refractivity contribution in [3.05, 3.63) is 12.2 Å². The van der Waals surface area contributed by atoms with E-state index >= 15 is 0 Å². The largest absolute Gasteiger partial charge is 0.383 e. The molecule has 1 fully saturated rings. The average Bonchev–Trinajstić information content (AvgIpc) is 2.39. The Hall–Kier alpha value is -0.380. The van der Waals surface area contributed by atoms with Gasteiger partial charge in [-0.25, -0.2) is 0 Å². The first-order valence-electron chi connectivity index (χ1n) is 7.82. The Morgan fingerprint density at radius 3 is 2.47 bits per heavy atom. The van der Waals surface area contributed by atoms with Crippen LogP contribution in [0.4, 0.5) is 0 Å². The summed E-state index contributed by atoms with van der Waals surface area (Å²) in [5.74, 6) is 0.884. The lowest BCUT2D eigenvalue weighted by Crippen LogP contribution is -2.57. The van der Waals surface area contributed by atoms with Crippen molar-refractivity contribution >= 4 is 0 Å². The van der Waals surface area contributed by atoms with E-state index in [1.807, 2.05) is 0 Å². The molecular weight excluding hydrogens is 236 g/mol. The number of allylic oxidation sites excluding steroid dienone is 2. The van der Waals surface area contributed by atoms with E-state index in [1.165, 1.54) is 38.9 Å². The van der Waals surface area contributed by atoms with Crippen LogP contribution in [-0.2, 0) is 4.74 Å². The molecule has 0 bridgehead atoms. The molecule has 110 valence electrons. The molecule has 0 amide bonds. The maximum absolute atomic E-state index is 5.23. The molecule has 0 aromatic rings. The maximum atomic E-state index is 5.23. The van der Waals surface area contributed by atoms with Crippen molar-refractivity contribution in [2.45, 2.75) is 45.2 Å². The minimum Gasteiger partial charge on any atom is -0.383 e. The number of hydrogen-bond donors (Lipinski definition) is 0. The second-order valence-corrected chi connectivity index (χ2v) is 6.30. The number of piperazine rings is 1. The summed E-state index contributed by atoms with van der Waals surface area (Å²) in [4.78, 5) is 5.28. The monoisotopic (exact) mass is 266 g/mol. The predicted molar refractivity (Wildman–Crippen MR) is 80.4 cm³/mol. The number of nitrogens with zero attached hydrogens (tertiary/aromatic N) is 2. The number of hydrogen-bond acceptors (Lipinski definition) is 3. The van der Waals surface area contributed by atoms with Gasteiger partial charge in [0.2, 0.25) is 0 Å². The molecule has 0 spiro atoms. The summed E-state index contributed by atoms with van der Waals surface area (Å²) in [6.45, 7) is 10.4. The van der Waals surface area contributed by atoms with Gasteiger partial charge in [0.05, 0.1) is 6.61 Å². The van der Waals surface area contributed by atoms with E-state index in [0.717, 1.165) is 19.1 Å². The normalized spacial score (nSPS) is 33.7. The molecule has 0 aromatic heterocycles. The summed E-state index contributed by atoms with van der Waals surface area (Å²) in [5, 5.41) is 0. The summed E-state index contributed by atoms with van der Waals surface area (Å²) in [7, 11) is 1.79. The quantitative estimate of drug-likeness (QED) is 0.711. The van der Waals surface area contributed by atoms with Crippen LogP contribution in [0.3, 0.4) is 0 Å². The van der Waals surface area contributed by atoms with Crippen molar-refractivity contribution < 1.29 is 4.74 Å². The van der Waals surface area contributed by atoms with Crippen LogP contribution in [-0.4, -0.2) is 61.8 Å². The summed E-state index contributed by atoms with van der Waals surface area (Å²) in [6.07, 6.45) is 8.65. The van der Waals surface area contributed by atoms with Crippen LogP contribution >= 0.6 is 0 Å². The third kappa shape index (κ3) is 4.30. The summed E-state index contributed by atoms with van der Waals surface area (Å²) >= 11 is 0. The summed E-state index contributed by atoms with van der Waals surface area (Å²) < 4.78 is 5.23. The molecule has 2 rings (SSSR count). The average molecular weight is 266 g/mol. The topological polar surface area (TPSA) is 15.7 Å². The van der Waals surface area contributed by atoms with Crippen LogP contribution in [0.5, 0.6) is 0 Å². The van der Waals surface area contributed by atoms with Gasteiger partial charge in [0.25, 0.3) is 0 Å². The van der Waals surface area contributed by atoms with Gasteiger partial charge in [0.1, 0.15) is 0 Å². The van der Waals surface area contributed by atoms with Crippen molar-refractivity contribution in [2.24, 2.45) is 5.92 Å². The SMILES string of the molecule is COCCN1[C@H](C)CN(C[C@@H]2CC=CCC2)C[C@@H]1C. The van der Waals surface area contributed by atoms with Crippen LogP contribution in [0, 0.1) is 5.92 Å². The van der Waals surface area contributed by atoms with E-state index in [0.29, 0.717) is 12.1 Å². The molecule has 0 N–H and O–H groups in total. The van der Waals surface area contributed by atoms with Gasteiger partial charge in [0.15, 0.2) is 0 Å². The first kappa shape index (κ1) is 15.0. The van der Waals surface area contributed by atoms with Gasteiger partial charge in [-0.2, -0.15) is 0 Å². The second kappa shape index (κ2) is 7.41. The van der Waals surface area contributed by atoms with Gasteiger partial charge in [-0.1, -0.05) is 12.2 Å². The molecule has 1 heterocycles. The predicted octanol–water partition coefficient (Wildman–Crippen LogP) is 2.38. The molecular formula is C16H30N2O. The molecule has 0 aromatic carbocycles. The van der Waals surface area contributed by atoms with Gasteiger partial charge in [0, 0.05) is 45.4 Å². The molecule has 3 heteroatoms. The molecule has 1 aliphatic heterocycles. The number of rotatable bonds is 5. The van der Waals surface area contributed by atoms with Crippen LogP contribution in [0.2, 0.25) is 0 Å². The Bertz CT molecular complexity index is 280. The molecule has 1 aliphatic carbocycles. The molecule has 0 unspecified atom stereocenters. The Morgan fingerprint density at radius 2 is 1.89 bits per heavy atom. The molecule has 0 saturated carbocycles. The molecule has 3 nitrogen and oxygen atoms in total. The lowest BCUT2D eigenvalue weighted by Gasteiger charge is -2.45. The first-order valence-corrected chi connectivity index (χ1v) is 7.82. The van der Waals surface area contributed by atoms with Gasteiger partial charge >= 0.3 is 0 Å². The van der Waals surface area contributed by atoms with E-state index in [2.05, 4.69) is 35.8 Å². The maximum Gasteiger partial charge on any atom is 0.0589 e. The Morgan fingerprint density at radius 1 is 1.16 bits per heavy atom. The van der Waals surface area contributed by atoms with E-state index in [-0.39, 0.29) is 0 Å². The van der Waals surface area contributed by atoms with Gasteiger partial charge in [-0.05, 0) is 39.0 Å². The third-order valence-corrected chi connectivity index (χ3v) is 4.62. The lowest BCUT2D eigenvalue weighted by atomic mass is 9.93. The Balaban J connectivity index is 1.81. The Labute approximate surface area is 118 Å². The van der Waals surface area contributed by atoms with Gasteiger partial charge in [-0.15, -0.1) is 0 Å². The van der Waals surface area contributed by atoms with Crippen molar-refractivity contribution in [3.63, 3.8) is 0 Å². The fraction of sp³-hybridized carbons (Fsp3) is 0.875. The first-order chi connectivity index (χ1) is 9.20. The third-order valence-electron chi connectivity index (χ3n) is 4.62. The van der Waals surface area contributed by atoms with E-state index in [1.54, 1.807) is 7.11 Å². The van der Waals surface area contributed by atoms with E-state index < -0.39 is 0 Å². The van der Waals surface area contributed by atoms with Crippen LogP contribution in [0.15, 0.2) is 12.2 Å². The zero-order chi connectivity index (χ0) is 13.7. The fourth-order valence-electron chi connectivity index (χ4n) is 3.64. The van der Waals surface area contributed by atoms with Crippen molar-refractivity contribution in [2.75, 3.05) is 39.9 Å². The van der Waals surface area contributed by atoms with E-state index in [4.69, 9.17) is 4.74 Å². The molecule has 0 radical (unpaired) electrons. The standard InChI is InChI=1S/C16H30N2O/c1-14-11-17(13-16-7-5-4-6-8-16)12-15(2)18(14)9-10-19-3/h4-5,14-16H,6-13H2,1-3H3/t14-,15+,16-/m1/s1. The molecule has 2 aliphatic rings. The number of ether oxygens (including phenoxy) is 1. The molecule has 3 atom stereocenters. The van der Waals surface area contributed by atoms with Crippen LogP contribution in [0.1, 0.15) is 33.1 Å². The Kier molecular flexibility index (Phi) is 5.86. The zero-order valence-corrected chi connectivity index (χ0v) is 12.8. The minimum absolute atomic E-state index is 0.651. The summed E-state index contributed by atoms with van der Waals surface area (Å²) in [6, 6.07) is 1.30. The van der Waals surface area contributed by atoms with Crippen molar-refractivity contribution in [1.29, 1.82) is 0 Å².